The van der Waals surface area contributed by atoms with Crippen molar-refractivity contribution in [2.75, 3.05) is 33.8 Å². The number of fused-ring (bicyclic) bond motifs is 1. The van der Waals surface area contributed by atoms with Crippen LogP contribution in [0, 0.1) is 0 Å². The first-order valence-corrected chi connectivity index (χ1v) is 12.3. The first-order chi connectivity index (χ1) is 18.4. The molecular formula is C27H30N4O7. The highest BCUT2D eigenvalue weighted by atomic mass is 16.6. The molecule has 1 unspecified atom stereocenters. The molecule has 1 fully saturated rings. The van der Waals surface area contributed by atoms with Gasteiger partial charge in [0, 0.05) is 18.7 Å². The maximum Gasteiger partial charge on any atom is 0.417 e. The van der Waals surface area contributed by atoms with E-state index in [0.29, 0.717) is 28.2 Å². The molecule has 1 amide bonds. The normalized spacial score (nSPS) is 20.8. The number of rotatable bonds is 9. The van der Waals surface area contributed by atoms with Gasteiger partial charge in [0.1, 0.15) is 18.5 Å². The SMILES string of the molecule is COc1cnc2cccc([C@@H](O)CN(C)CC(O)[C@H]3CN(C4=COC=C(C5=CC=CCC5)O4)C(=O)O3)c2n1. The quantitative estimate of drug-likeness (QED) is 0.508. The molecule has 0 bridgehead atoms. The lowest BCUT2D eigenvalue weighted by molar-refractivity contribution is 0.00726. The van der Waals surface area contributed by atoms with Crippen LogP contribution in [0.15, 0.2) is 72.4 Å². The van der Waals surface area contributed by atoms with Gasteiger partial charge in [0.25, 0.3) is 0 Å². The highest BCUT2D eigenvalue weighted by Crippen LogP contribution is 2.30. The Labute approximate surface area is 219 Å². The van der Waals surface area contributed by atoms with Gasteiger partial charge in [-0.1, -0.05) is 30.4 Å². The summed E-state index contributed by atoms with van der Waals surface area (Å²) in [5, 5.41) is 21.8. The molecule has 1 aromatic carbocycles. The molecule has 2 aliphatic heterocycles. The Hall–Kier alpha value is -3.93. The monoisotopic (exact) mass is 522 g/mol. The van der Waals surface area contributed by atoms with E-state index in [1.165, 1.54) is 30.7 Å². The maximum absolute atomic E-state index is 12.6. The van der Waals surface area contributed by atoms with E-state index in [1.54, 1.807) is 24.1 Å². The number of cyclic esters (lactones) is 1. The summed E-state index contributed by atoms with van der Waals surface area (Å²) in [5.74, 6) is 1.09. The molecule has 0 spiro atoms. The molecule has 0 saturated carbocycles. The molecule has 11 nitrogen and oxygen atoms in total. The number of nitrogens with zero attached hydrogens (tertiary/aromatic N) is 4. The first-order valence-electron chi connectivity index (χ1n) is 12.3. The maximum atomic E-state index is 12.6. The van der Waals surface area contributed by atoms with Crippen molar-refractivity contribution in [3.05, 3.63) is 77.9 Å². The number of benzene rings is 1. The van der Waals surface area contributed by atoms with Crippen molar-refractivity contribution in [2.45, 2.75) is 31.2 Å². The zero-order valence-electron chi connectivity index (χ0n) is 21.2. The van der Waals surface area contributed by atoms with Gasteiger partial charge in [-0.3, -0.25) is 0 Å². The Morgan fingerprint density at radius 1 is 1.26 bits per heavy atom. The number of likely N-dealkylation sites (N-methyl/N-ethyl adjacent to an activating group) is 1. The lowest BCUT2D eigenvalue weighted by atomic mass is 10.0. The Morgan fingerprint density at radius 3 is 2.92 bits per heavy atom. The van der Waals surface area contributed by atoms with Crippen LogP contribution in [0.2, 0.25) is 0 Å². The molecule has 2 N–H and O–H groups in total. The molecule has 3 aliphatic rings. The molecule has 1 aromatic heterocycles. The van der Waals surface area contributed by atoms with Gasteiger partial charge in [-0.05, 0) is 31.5 Å². The minimum absolute atomic E-state index is 0.0938. The zero-order chi connectivity index (χ0) is 26.6. The molecule has 11 heteroatoms. The van der Waals surface area contributed by atoms with E-state index in [1.807, 2.05) is 18.2 Å². The number of ether oxygens (including phenoxy) is 4. The van der Waals surface area contributed by atoms with Crippen molar-refractivity contribution in [1.29, 1.82) is 0 Å². The number of aliphatic hydroxyl groups excluding tert-OH is 2. The fraction of sp³-hybridized carbons (Fsp3) is 0.370. The fourth-order valence-electron chi connectivity index (χ4n) is 4.56. The van der Waals surface area contributed by atoms with Crippen molar-refractivity contribution >= 4 is 17.1 Å². The van der Waals surface area contributed by atoms with Crippen molar-refractivity contribution in [2.24, 2.45) is 0 Å². The van der Waals surface area contributed by atoms with Crippen molar-refractivity contribution in [3.8, 4) is 5.88 Å². The molecule has 1 saturated heterocycles. The summed E-state index contributed by atoms with van der Waals surface area (Å²) in [7, 11) is 3.27. The highest BCUT2D eigenvalue weighted by Gasteiger charge is 2.40. The van der Waals surface area contributed by atoms with Crippen LogP contribution in [0.25, 0.3) is 11.0 Å². The summed E-state index contributed by atoms with van der Waals surface area (Å²) in [6.07, 6.45) is 8.72. The average molecular weight is 523 g/mol. The lowest BCUT2D eigenvalue weighted by Gasteiger charge is -2.26. The van der Waals surface area contributed by atoms with Crippen molar-refractivity contribution < 1.29 is 34.0 Å². The number of aliphatic hydroxyl groups is 2. The molecule has 200 valence electrons. The molecule has 3 atom stereocenters. The second-order valence-corrected chi connectivity index (χ2v) is 9.30. The number of hydrogen-bond acceptors (Lipinski definition) is 10. The predicted molar refractivity (Wildman–Crippen MR) is 136 cm³/mol. The summed E-state index contributed by atoms with van der Waals surface area (Å²) >= 11 is 0. The third kappa shape index (κ3) is 5.49. The smallest absolute Gasteiger partial charge is 0.417 e. The van der Waals surface area contributed by atoms with Gasteiger partial charge >= 0.3 is 6.09 Å². The van der Waals surface area contributed by atoms with E-state index in [9.17, 15) is 15.0 Å². The lowest BCUT2D eigenvalue weighted by Crippen LogP contribution is -2.41. The van der Waals surface area contributed by atoms with E-state index in [2.05, 4.69) is 16.0 Å². The van der Waals surface area contributed by atoms with Gasteiger partial charge < -0.3 is 34.1 Å². The molecule has 2 aromatic rings. The third-order valence-electron chi connectivity index (χ3n) is 6.55. The van der Waals surface area contributed by atoms with Crippen LogP contribution < -0.4 is 4.74 Å². The van der Waals surface area contributed by atoms with E-state index in [4.69, 9.17) is 18.9 Å². The van der Waals surface area contributed by atoms with Crippen LogP contribution in [-0.2, 0) is 14.2 Å². The van der Waals surface area contributed by atoms with Crippen LogP contribution in [-0.4, -0.2) is 82.1 Å². The zero-order valence-corrected chi connectivity index (χ0v) is 21.2. The number of para-hydroxylation sites is 1. The number of allylic oxidation sites excluding steroid dienone is 4. The Kier molecular flexibility index (Phi) is 7.59. The van der Waals surface area contributed by atoms with E-state index in [0.717, 1.165) is 18.4 Å². The standard InChI is InChI=1S/C27H30N4O7/c1-30(12-20(32)18-9-6-10-19-26(18)29-24(35-2)11-28-19)13-21(33)22-14-31(27(34)38-22)25-16-36-15-23(37-25)17-7-4-3-5-8-17/h3-4,6-7,9-11,15-16,20-22,32-33H,5,8,12-14H2,1-2H3/t20-,21?,22+/m0/s1. The summed E-state index contributed by atoms with van der Waals surface area (Å²) < 4.78 is 21.9. The summed E-state index contributed by atoms with van der Waals surface area (Å²) in [6, 6.07) is 5.39. The minimum Gasteiger partial charge on any atom is -0.480 e. The van der Waals surface area contributed by atoms with E-state index < -0.39 is 24.4 Å². The molecular weight excluding hydrogens is 492 g/mol. The fourth-order valence-corrected chi connectivity index (χ4v) is 4.56. The Balaban J connectivity index is 1.18. The van der Waals surface area contributed by atoms with Gasteiger partial charge in [0.2, 0.25) is 11.8 Å². The molecule has 0 radical (unpaired) electrons. The van der Waals surface area contributed by atoms with Crippen LogP contribution in [0.5, 0.6) is 5.88 Å². The second-order valence-electron chi connectivity index (χ2n) is 9.30. The van der Waals surface area contributed by atoms with E-state index >= 15 is 0 Å². The molecule has 38 heavy (non-hydrogen) atoms. The third-order valence-corrected chi connectivity index (χ3v) is 6.55. The molecule has 1 aliphatic carbocycles. The number of hydrogen-bond donors (Lipinski definition) is 2. The van der Waals surface area contributed by atoms with Gasteiger partial charge in [0.05, 0.1) is 37.0 Å². The first kappa shape index (κ1) is 25.7. The predicted octanol–water partition coefficient (Wildman–Crippen LogP) is 2.75. The number of amides is 1. The highest BCUT2D eigenvalue weighted by molar-refractivity contribution is 5.78. The van der Waals surface area contributed by atoms with Gasteiger partial charge in [-0.25, -0.2) is 19.7 Å². The van der Waals surface area contributed by atoms with Crippen molar-refractivity contribution in [3.63, 3.8) is 0 Å². The largest absolute Gasteiger partial charge is 0.480 e. The number of carbonyl (C=O) groups is 1. The van der Waals surface area contributed by atoms with Crippen LogP contribution in [0.3, 0.4) is 0 Å². The van der Waals surface area contributed by atoms with E-state index in [-0.39, 0.29) is 25.5 Å². The van der Waals surface area contributed by atoms with Crippen LogP contribution >= 0.6 is 0 Å². The molecule has 3 heterocycles. The molecule has 5 rings (SSSR count). The van der Waals surface area contributed by atoms with Gasteiger partial charge in [-0.15, -0.1) is 0 Å². The average Bonchev–Trinajstić information content (AvgIpc) is 3.34. The summed E-state index contributed by atoms with van der Waals surface area (Å²) in [5.41, 5.74) is 2.76. The summed E-state index contributed by atoms with van der Waals surface area (Å²) in [4.78, 5) is 24.4. The van der Waals surface area contributed by atoms with Crippen LogP contribution in [0.1, 0.15) is 24.5 Å². The number of methoxy groups -OCH3 is 1. The number of aromatic nitrogens is 2. The topological polar surface area (TPSA) is 127 Å². The second kappa shape index (κ2) is 11.2. The summed E-state index contributed by atoms with van der Waals surface area (Å²) in [6.45, 7) is 0.458. The van der Waals surface area contributed by atoms with Crippen molar-refractivity contribution in [1.82, 2.24) is 19.8 Å². The van der Waals surface area contributed by atoms with Gasteiger partial charge in [-0.2, -0.15) is 0 Å². The van der Waals surface area contributed by atoms with Crippen LogP contribution in [0.4, 0.5) is 4.79 Å². The minimum atomic E-state index is -1.00. The van der Waals surface area contributed by atoms with Gasteiger partial charge in [0.15, 0.2) is 12.0 Å². The Morgan fingerprint density at radius 2 is 2.13 bits per heavy atom. The number of carbonyl (C=O) groups excluding carboxylic acids is 1. The Bertz CT molecular complexity index is 1320.